The van der Waals surface area contributed by atoms with Gasteiger partial charge in [-0.25, -0.2) is 9.97 Å². The summed E-state index contributed by atoms with van der Waals surface area (Å²) in [5.41, 5.74) is 8.23. The van der Waals surface area contributed by atoms with Crippen LogP contribution in [0, 0.1) is 5.92 Å². The van der Waals surface area contributed by atoms with Gasteiger partial charge in [0, 0.05) is 24.6 Å². The molecule has 0 spiro atoms. The number of hydrogen-bond acceptors (Lipinski definition) is 6. The standard InChI is InChI=1S/C19H20N4O2S/c1-25-14-4-2-3-13(11-14)15-5-6-16-18(21-15)26-19(22-16)23-9-7-12(8-10-23)17(20)24/h2-6,11-12H,7-10H2,1H3,(H2,20,24). The number of anilines is 1. The summed E-state index contributed by atoms with van der Waals surface area (Å²) >= 11 is 1.59. The number of carbonyl (C=O) groups excluding carboxylic acids is 1. The van der Waals surface area contributed by atoms with Crippen LogP contribution in [0.25, 0.3) is 21.6 Å². The minimum Gasteiger partial charge on any atom is -0.497 e. The van der Waals surface area contributed by atoms with E-state index in [4.69, 9.17) is 20.4 Å². The van der Waals surface area contributed by atoms with Gasteiger partial charge in [-0.3, -0.25) is 4.79 Å². The lowest BCUT2D eigenvalue weighted by molar-refractivity contribution is -0.122. The van der Waals surface area contributed by atoms with Crippen molar-refractivity contribution in [3.8, 4) is 17.0 Å². The van der Waals surface area contributed by atoms with Gasteiger partial charge in [0.05, 0.1) is 12.8 Å². The Labute approximate surface area is 155 Å². The molecule has 0 bridgehead atoms. The van der Waals surface area contributed by atoms with Gasteiger partial charge in [0.1, 0.15) is 16.1 Å². The third-order valence-electron chi connectivity index (χ3n) is 4.78. The van der Waals surface area contributed by atoms with Crippen LogP contribution in [-0.4, -0.2) is 36.1 Å². The summed E-state index contributed by atoms with van der Waals surface area (Å²) in [5.74, 6) is 0.601. The van der Waals surface area contributed by atoms with Crippen molar-refractivity contribution in [2.45, 2.75) is 12.8 Å². The second kappa shape index (κ2) is 6.92. The highest BCUT2D eigenvalue weighted by Gasteiger charge is 2.25. The van der Waals surface area contributed by atoms with Gasteiger partial charge in [-0.2, -0.15) is 0 Å². The summed E-state index contributed by atoms with van der Waals surface area (Å²) in [7, 11) is 1.66. The molecule has 3 heterocycles. The molecule has 4 rings (SSSR count). The number of methoxy groups -OCH3 is 1. The van der Waals surface area contributed by atoms with E-state index in [1.54, 1.807) is 18.4 Å². The van der Waals surface area contributed by atoms with Gasteiger partial charge in [0.15, 0.2) is 5.13 Å². The fourth-order valence-corrected chi connectivity index (χ4v) is 4.23. The molecular formula is C19H20N4O2S. The van der Waals surface area contributed by atoms with Crippen molar-refractivity contribution in [1.82, 2.24) is 9.97 Å². The summed E-state index contributed by atoms with van der Waals surface area (Å²) < 4.78 is 5.30. The first-order valence-corrected chi connectivity index (χ1v) is 9.42. The number of primary amides is 1. The minimum atomic E-state index is -0.196. The van der Waals surface area contributed by atoms with E-state index < -0.39 is 0 Å². The first-order valence-electron chi connectivity index (χ1n) is 8.60. The number of nitrogens with two attached hydrogens (primary N) is 1. The molecule has 2 aromatic heterocycles. The molecule has 0 saturated carbocycles. The number of ether oxygens (including phenoxy) is 1. The Balaban J connectivity index is 1.59. The third-order valence-corrected chi connectivity index (χ3v) is 5.80. The normalized spacial score (nSPS) is 15.3. The first kappa shape index (κ1) is 16.8. The van der Waals surface area contributed by atoms with Crippen LogP contribution in [-0.2, 0) is 4.79 Å². The van der Waals surface area contributed by atoms with Crippen LogP contribution >= 0.6 is 11.3 Å². The van der Waals surface area contributed by atoms with Gasteiger partial charge in [-0.1, -0.05) is 23.5 Å². The van der Waals surface area contributed by atoms with Gasteiger partial charge in [0.25, 0.3) is 0 Å². The van der Waals surface area contributed by atoms with Gasteiger partial charge in [0.2, 0.25) is 5.91 Å². The quantitative estimate of drug-likeness (QED) is 0.765. The van der Waals surface area contributed by atoms with Crippen molar-refractivity contribution < 1.29 is 9.53 Å². The number of thiazole rings is 1. The van der Waals surface area contributed by atoms with Crippen molar-refractivity contribution in [2.75, 3.05) is 25.1 Å². The zero-order chi connectivity index (χ0) is 18.1. The Morgan fingerprint density at radius 3 is 2.77 bits per heavy atom. The van der Waals surface area contributed by atoms with Crippen molar-refractivity contribution in [3.63, 3.8) is 0 Å². The summed E-state index contributed by atoms with van der Waals surface area (Å²) in [5, 5.41) is 0.957. The molecule has 0 atom stereocenters. The van der Waals surface area contributed by atoms with E-state index in [-0.39, 0.29) is 11.8 Å². The molecule has 1 aliphatic heterocycles. The lowest BCUT2D eigenvalue weighted by Crippen LogP contribution is -2.38. The van der Waals surface area contributed by atoms with Crippen molar-refractivity contribution in [2.24, 2.45) is 11.7 Å². The molecule has 0 aliphatic carbocycles. The van der Waals surface area contributed by atoms with Crippen molar-refractivity contribution >= 4 is 32.7 Å². The largest absolute Gasteiger partial charge is 0.497 e. The predicted octanol–water partition coefficient (Wildman–Crippen LogP) is 3.07. The van der Waals surface area contributed by atoms with Crippen LogP contribution in [0.3, 0.4) is 0 Å². The molecule has 0 unspecified atom stereocenters. The average molecular weight is 368 g/mol. The van der Waals surface area contributed by atoms with E-state index >= 15 is 0 Å². The third kappa shape index (κ3) is 3.22. The van der Waals surface area contributed by atoms with E-state index in [1.807, 2.05) is 36.4 Å². The number of hydrogen-bond donors (Lipinski definition) is 1. The molecule has 3 aromatic rings. The highest BCUT2D eigenvalue weighted by Crippen LogP contribution is 2.32. The Kier molecular flexibility index (Phi) is 4.46. The van der Waals surface area contributed by atoms with Crippen molar-refractivity contribution in [3.05, 3.63) is 36.4 Å². The van der Waals surface area contributed by atoms with Gasteiger partial charge in [-0.05, 0) is 37.1 Å². The molecule has 7 heteroatoms. The SMILES string of the molecule is COc1cccc(-c2ccc3nc(N4CCC(C(N)=O)CC4)sc3n2)c1. The maximum atomic E-state index is 11.3. The number of amides is 1. The topological polar surface area (TPSA) is 81.3 Å². The summed E-state index contributed by atoms with van der Waals surface area (Å²) in [6.45, 7) is 1.60. The highest BCUT2D eigenvalue weighted by molar-refractivity contribution is 7.21. The van der Waals surface area contributed by atoms with Crippen LogP contribution in [0.1, 0.15) is 12.8 Å². The summed E-state index contributed by atoms with van der Waals surface area (Å²) in [4.78, 5) is 24.0. The van der Waals surface area contributed by atoms with Gasteiger partial charge >= 0.3 is 0 Å². The van der Waals surface area contributed by atoms with Crippen molar-refractivity contribution in [1.29, 1.82) is 0 Å². The highest BCUT2D eigenvalue weighted by atomic mass is 32.1. The smallest absolute Gasteiger partial charge is 0.220 e. The van der Waals surface area contributed by atoms with E-state index in [0.29, 0.717) is 0 Å². The molecule has 6 nitrogen and oxygen atoms in total. The fraction of sp³-hybridized carbons (Fsp3) is 0.316. The second-order valence-corrected chi connectivity index (χ2v) is 7.37. The molecule has 1 fully saturated rings. The molecule has 1 aliphatic rings. The monoisotopic (exact) mass is 368 g/mol. The zero-order valence-electron chi connectivity index (χ0n) is 14.5. The summed E-state index contributed by atoms with van der Waals surface area (Å²) in [6.07, 6.45) is 1.57. The van der Waals surface area contributed by atoms with Gasteiger partial charge < -0.3 is 15.4 Å². The van der Waals surface area contributed by atoms with Crippen LogP contribution < -0.4 is 15.4 Å². The van der Waals surface area contributed by atoms with E-state index in [1.165, 1.54) is 0 Å². The molecule has 1 saturated heterocycles. The Morgan fingerprint density at radius 1 is 1.23 bits per heavy atom. The number of piperidine rings is 1. The predicted molar refractivity (Wildman–Crippen MR) is 104 cm³/mol. The van der Waals surface area contributed by atoms with Crippen LogP contribution in [0.15, 0.2) is 36.4 Å². The molecule has 1 aromatic carbocycles. The van der Waals surface area contributed by atoms with Gasteiger partial charge in [-0.15, -0.1) is 0 Å². The first-order chi connectivity index (χ1) is 12.6. The maximum absolute atomic E-state index is 11.3. The number of benzene rings is 1. The Bertz CT molecular complexity index is 948. The number of carbonyl (C=O) groups is 1. The molecule has 134 valence electrons. The van der Waals surface area contributed by atoms with E-state index in [9.17, 15) is 4.79 Å². The van der Waals surface area contributed by atoms with E-state index in [0.717, 1.165) is 58.4 Å². The average Bonchev–Trinajstić information content (AvgIpc) is 3.11. The van der Waals surface area contributed by atoms with Crippen LogP contribution in [0.4, 0.5) is 5.13 Å². The number of nitrogens with zero attached hydrogens (tertiary/aromatic N) is 3. The number of aromatic nitrogens is 2. The molecular weight excluding hydrogens is 348 g/mol. The second-order valence-electron chi connectivity index (χ2n) is 6.41. The van der Waals surface area contributed by atoms with Crippen LogP contribution in [0.2, 0.25) is 0 Å². The lowest BCUT2D eigenvalue weighted by atomic mass is 9.97. The van der Waals surface area contributed by atoms with E-state index in [2.05, 4.69) is 4.90 Å². The van der Waals surface area contributed by atoms with Crippen LogP contribution in [0.5, 0.6) is 5.75 Å². The Morgan fingerprint density at radius 2 is 2.04 bits per heavy atom. The lowest BCUT2D eigenvalue weighted by Gasteiger charge is -2.30. The molecule has 26 heavy (non-hydrogen) atoms. The maximum Gasteiger partial charge on any atom is 0.220 e. The molecule has 0 radical (unpaired) electrons. The Hall–Kier alpha value is -2.67. The minimum absolute atomic E-state index is 0.0154. The summed E-state index contributed by atoms with van der Waals surface area (Å²) in [6, 6.07) is 11.9. The zero-order valence-corrected chi connectivity index (χ0v) is 15.3. The molecule has 1 amide bonds. The number of rotatable bonds is 4. The number of fused-ring (bicyclic) bond motifs is 1. The molecule has 2 N–H and O–H groups in total. The number of pyridine rings is 1. The fourth-order valence-electron chi connectivity index (χ4n) is 3.24.